The van der Waals surface area contributed by atoms with Gasteiger partial charge in [-0.05, 0) is 48.7 Å². The van der Waals surface area contributed by atoms with E-state index in [4.69, 9.17) is 11.6 Å². The summed E-state index contributed by atoms with van der Waals surface area (Å²) in [5.41, 5.74) is 0.832. The molecule has 0 aromatic heterocycles. The monoisotopic (exact) mass is 312 g/mol. The molecule has 0 saturated carbocycles. The Morgan fingerprint density at radius 1 is 1.15 bits per heavy atom. The van der Waals surface area contributed by atoms with Crippen LogP contribution in [0, 0.1) is 11.8 Å². The predicted molar refractivity (Wildman–Crippen MR) is 80.8 cm³/mol. The molecule has 0 aliphatic carbocycles. The van der Waals surface area contributed by atoms with Crippen molar-refractivity contribution in [2.45, 2.75) is 0 Å². The quantitative estimate of drug-likeness (QED) is 0.926. The van der Waals surface area contributed by atoms with Crippen molar-refractivity contribution in [3.8, 4) is 0 Å². The van der Waals surface area contributed by atoms with E-state index in [9.17, 15) is 8.42 Å². The molecule has 2 atom stereocenters. The van der Waals surface area contributed by atoms with Crippen LogP contribution in [0.1, 0.15) is 5.56 Å². The first kappa shape index (κ1) is 14.1. The second-order valence-corrected chi connectivity index (χ2v) is 7.65. The largest absolute Gasteiger partial charge is 0.316 e. The molecule has 2 aliphatic heterocycles. The predicted octanol–water partition coefficient (Wildman–Crippen LogP) is 1.79. The van der Waals surface area contributed by atoms with Gasteiger partial charge >= 0.3 is 0 Å². The molecule has 0 radical (unpaired) electrons. The summed E-state index contributed by atoms with van der Waals surface area (Å²) < 4.78 is 26.2. The Labute approximate surface area is 124 Å². The van der Waals surface area contributed by atoms with Crippen molar-refractivity contribution in [1.29, 1.82) is 0 Å². The van der Waals surface area contributed by atoms with Gasteiger partial charge in [0.1, 0.15) is 0 Å². The third-order valence-electron chi connectivity index (χ3n) is 4.02. The van der Waals surface area contributed by atoms with Gasteiger partial charge in [0.2, 0.25) is 10.0 Å². The Morgan fingerprint density at radius 3 is 2.35 bits per heavy atom. The molecule has 108 valence electrons. The lowest BCUT2D eigenvalue weighted by Crippen LogP contribution is -2.30. The van der Waals surface area contributed by atoms with Crippen molar-refractivity contribution in [3.63, 3.8) is 0 Å². The zero-order valence-electron chi connectivity index (χ0n) is 11.0. The molecular weight excluding hydrogens is 296 g/mol. The Morgan fingerprint density at radius 2 is 1.75 bits per heavy atom. The maximum Gasteiger partial charge on any atom is 0.236 e. The molecule has 0 spiro atoms. The van der Waals surface area contributed by atoms with Crippen LogP contribution < -0.4 is 5.32 Å². The summed E-state index contributed by atoms with van der Waals surface area (Å²) >= 11 is 5.80. The van der Waals surface area contributed by atoms with E-state index in [1.165, 1.54) is 5.41 Å². The van der Waals surface area contributed by atoms with Crippen LogP contribution in [0.25, 0.3) is 6.08 Å². The molecule has 2 saturated heterocycles. The minimum absolute atomic E-state index is 0.466. The van der Waals surface area contributed by atoms with E-state index in [0.29, 0.717) is 29.9 Å². The fourth-order valence-corrected chi connectivity index (χ4v) is 4.27. The highest BCUT2D eigenvalue weighted by Crippen LogP contribution is 2.28. The molecule has 2 unspecified atom stereocenters. The van der Waals surface area contributed by atoms with Gasteiger partial charge in [-0.1, -0.05) is 23.7 Å². The molecule has 0 bridgehead atoms. The molecule has 20 heavy (non-hydrogen) atoms. The second-order valence-electron chi connectivity index (χ2n) is 5.39. The molecule has 3 rings (SSSR count). The molecule has 2 heterocycles. The highest BCUT2D eigenvalue weighted by Gasteiger charge is 2.40. The van der Waals surface area contributed by atoms with E-state index >= 15 is 0 Å². The Balaban J connectivity index is 1.71. The van der Waals surface area contributed by atoms with Gasteiger partial charge in [0.25, 0.3) is 0 Å². The average molecular weight is 313 g/mol. The summed E-state index contributed by atoms with van der Waals surface area (Å²) in [6.45, 7) is 3.12. The molecule has 1 aromatic rings. The number of hydrogen-bond acceptors (Lipinski definition) is 3. The number of benzene rings is 1. The molecule has 1 aromatic carbocycles. The summed E-state index contributed by atoms with van der Waals surface area (Å²) in [7, 11) is -3.32. The second kappa shape index (κ2) is 5.48. The van der Waals surface area contributed by atoms with Gasteiger partial charge in [-0.25, -0.2) is 8.42 Å². The van der Waals surface area contributed by atoms with Crippen LogP contribution in [-0.2, 0) is 10.0 Å². The summed E-state index contributed by atoms with van der Waals surface area (Å²) in [4.78, 5) is 0. The molecule has 1 N–H and O–H groups in total. The van der Waals surface area contributed by atoms with Crippen LogP contribution in [0.2, 0.25) is 5.02 Å². The van der Waals surface area contributed by atoms with E-state index in [1.54, 1.807) is 34.6 Å². The van der Waals surface area contributed by atoms with Crippen molar-refractivity contribution in [2.75, 3.05) is 26.2 Å². The fourth-order valence-electron chi connectivity index (χ4n) is 2.84. The highest BCUT2D eigenvalue weighted by molar-refractivity contribution is 7.92. The Kier molecular flexibility index (Phi) is 3.86. The molecule has 2 aliphatic rings. The van der Waals surface area contributed by atoms with Gasteiger partial charge in [-0.3, -0.25) is 0 Å². The zero-order chi connectivity index (χ0) is 14.2. The number of sulfonamides is 1. The van der Waals surface area contributed by atoms with Crippen molar-refractivity contribution in [1.82, 2.24) is 9.62 Å². The van der Waals surface area contributed by atoms with E-state index in [0.717, 1.165) is 18.7 Å². The van der Waals surface area contributed by atoms with Crippen LogP contribution in [0.4, 0.5) is 0 Å². The van der Waals surface area contributed by atoms with Crippen LogP contribution in [0.15, 0.2) is 29.7 Å². The minimum Gasteiger partial charge on any atom is -0.316 e. The summed E-state index contributed by atoms with van der Waals surface area (Å²) in [5.74, 6) is 0.933. The van der Waals surface area contributed by atoms with Gasteiger partial charge < -0.3 is 5.32 Å². The molecule has 4 nitrogen and oxygen atoms in total. The van der Waals surface area contributed by atoms with Gasteiger partial charge in [0.15, 0.2) is 0 Å². The third-order valence-corrected chi connectivity index (χ3v) is 5.77. The van der Waals surface area contributed by atoms with Crippen LogP contribution in [0.5, 0.6) is 0 Å². The van der Waals surface area contributed by atoms with Crippen LogP contribution in [-0.4, -0.2) is 38.9 Å². The van der Waals surface area contributed by atoms with Gasteiger partial charge in [0.05, 0.1) is 0 Å². The highest BCUT2D eigenvalue weighted by atomic mass is 35.5. The first-order valence-corrected chi connectivity index (χ1v) is 8.57. The molecule has 6 heteroatoms. The molecule has 0 amide bonds. The first-order chi connectivity index (χ1) is 9.54. The number of fused-ring (bicyclic) bond motifs is 1. The number of nitrogens with one attached hydrogen (secondary N) is 1. The van der Waals surface area contributed by atoms with Crippen molar-refractivity contribution >= 4 is 27.7 Å². The lowest BCUT2D eigenvalue weighted by atomic mass is 10.0. The zero-order valence-corrected chi connectivity index (χ0v) is 12.6. The summed E-state index contributed by atoms with van der Waals surface area (Å²) in [5, 5.41) is 5.25. The number of hydrogen-bond donors (Lipinski definition) is 1. The topological polar surface area (TPSA) is 49.4 Å². The van der Waals surface area contributed by atoms with Crippen LogP contribution >= 0.6 is 11.6 Å². The van der Waals surface area contributed by atoms with Gasteiger partial charge in [-0.15, -0.1) is 0 Å². The van der Waals surface area contributed by atoms with Gasteiger partial charge in [0, 0.05) is 23.5 Å². The third kappa shape index (κ3) is 2.91. The Hall–Kier alpha value is -0.880. The van der Waals surface area contributed by atoms with E-state index in [1.807, 2.05) is 0 Å². The smallest absolute Gasteiger partial charge is 0.236 e. The summed E-state index contributed by atoms with van der Waals surface area (Å²) in [6.07, 6.45) is 1.62. The lowest BCUT2D eigenvalue weighted by molar-refractivity contribution is 0.455. The number of halogens is 1. The van der Waals surface area contributed by atoms with Gasteiger partial charge in [-0.2, -0.15) is 4.31 Å². The normalized spacial score (nSPS) is 27.2. The maximum absolute atomic E-state index is 12.3. The Bertz CT molecular complexity index is 601. The van der Waals surface area contributed by atoms with E-state index in [2.05, 4.69) is 5.32 Å². The van der Waals surface area contributed by atoms with Crippen molar-refractivity contribution in [3.05, 3.63) is 40.3 Å². The molecular formula is C14H17ClN2O2S. The van der Waals surface area contributed by atoms with Crippen molar-refractivity contribution in [2.24, 2.45) is 11.8 Å². The fraction of sp³-hybridized carbons (Fsp3) is 0.429. The first-order valence-electron chi connectivity index (χ1n) is 6.69. The van der Waals surface area contributed by atoms with Crippen LogP contribution in [0.3, 0.4) is 0 Å². The minimum atomic E-state index is -3.32. The summed E-state index contributed by atoms with van der Waals surface area (Å²) in [6, 6.07) is 7.10. The number of rotatable bonds is 3. The maximum atomic E-state index is 12.3. The number of nitrogens with zero attached hydrogens (tertiary/aromatic N) is 1. The van der Waals surface area contributed by atoms with E-state index < -0.39 is 10.0 Å². The SMILES string of the molecule is O=S(=O)(C=Cc1ccc(Cl)cc1)N1CC2CNCC2C1. The van der Waals surface area contributed by atoms with Crippen molar-refractivity contribution < 1.29 is 8.42 Å². The average Bonchev–Trinajstić information content (AvgIpc) is 2.99. The van der Waals surface area contributed by atoms with E-state index in [-0.39, 0.29) is 0 Å². The standard InChI is InChI=1S/C14H17ClN2O2S/c15-14-3-1-11(2-4-14)5-6-20(18,19)17-9-12-7-16-8-13(12)10-17/h1-6,12-13,16H,7-10H2. The lowest BCUT2D eigenvalue weighted by Gasteiger charge is -2.14. The molecule has 2 fully saturated rings.